The van der Waals surface area contributed by atoms with E-state index in [9.17, 15) is 4.79 Å². The third-order valence-electron chi connectivity index (χ3n) is 4.49. The number of hydrazine groups is 1. The number of nitrogens with one attached hydrogen (secondary N) is 1. The molecule has 0 radical (unpaired) electrons. The Morgan fingerprint density at radius 3 is 1.97 bits per heavy atom. The fraction of sp³-hybridized carbons (Fsp3) is 0.269. The second kappa shape index (κ2) is 9.56. The Kier molecular flexibility index (Phi) is 6.85. The number of ether oxygens (including phenoxy) is 2. The van der Waals surface area contributed by atoms with Crippen LogP contribution in [0.15, 0.2) is 72.8 Å². The van der Waals surface area contributed by atoms with Crippen molar-refractivity contribution in [3.63, 3.8) is 0 Å². The van der Waals surface area contributed by atoms with Crippen molar-refractivity contribution in [2.45, 2.75) is 40.2 Å². The van der Waals surface area contributed by atoms with Gasteiger partial charge in [0.1, 0.15) is 11.4 Å². The van der Waals surface area contributed by atoms with Crippen LogP contribution >= 0.6 is 0 Å². The van der Waals surface area contributed by atoms with Gasteiger partial charge in [-0.15, -0.1) is 0 Å². The number of carbonyl (C=O) groups excluding carboxylic acids is 1. The number of anilines is 3. The molecule has 0 bridgehead atoms. The lowest BCUT2D eigenvalue weighted by Gasteiger charge is -2.28. The summed E-state index contributed by atoms with van der Waals surface area (Å²) >= 11 is 0. The minimum absolute atomic E-state index is 0.122. The second-order valence-corrected chi connectivity index (χ2v) is 8.43. The van der Waals surface area contributed by atoms with Crippen LogP contribution in [0.1, 0.15) is 31.9 Å². The topological polar surface area (TPSA) is 50.8 Å². The largest absolute Gasteiger partial charge is 0.481 e. The van der Waals surface area contributed by atoms with Gasteiger partial charge in [-0.2, -0.15) is 0 Å². The van der Waals surface area contributed by atoms with Gasteiger partial charge < -0.3 is 9.47 Å². The van der Waals surface area contributed by atoms with Gasteiger partial charge in [0.25, 0.3) is 0 Å². The minimum Gasteiger partial charge on any atom is -0.481 e. The molecule has 3 aromatic carbocycles. The maximum absolute atomic E-state index is 12.1. The molecule has 0 saturated carbocycles. The molecule has 0 aromatic heterocycles. The van der Waals surface area contributed by atoms with Crippen LogP contribution in [-0.4, -0.2) is 18.2 Å². The first-order chi connectivity index (χ1) is 14.7. The maximum Gasteiger partial charge on any atom is 0.344 e. The lowest BCUT2D eigenvalue weighted by Crippen LogP contribution is -2.27. The predicted molar refractivity (Wildman–Crippen MR) is 126 cm³/mol. The van der Waals surface area contributed by atoms with E-state index < -0.39 is 5.60 Å². The summed E-state index contributed by atoms with van der Waals surface area (Å²) in [6.07, 6.45) is 0. The summed E-state index contributed by atoms with van der Waals surface area (Å²) in [5, 5.41) is 2.03. The molecule has 31 heavy (non-hydrogen) atoms. The predicted octanol–water partition coefficient (Wildman–Crippen LogP) is 6.19. The van der Waals surface area contributed by atoms with Gasteiger partial charge in [0.05, 0.1) is 17.1 Å². The molecule has 0 saturated heterocycles. The number of para-hydroxylation sites is 2. The van der Waals surface area contributed by atoms with E-state index in [0.717, 1.165) is 28.2 Å². The maximum atomic E-state index is 12.1. The number of carbonyl (C=O) groups is 1. The van der Waals surface area contributed by atoms with Crippen LogP contribution in [0.3, 0.4) is 0 Å². The number of aryl methyl sites for hydroxylation is 2. The first kappa shape index (κ1) is 22.2. The highest BCUT2D eigenvalue weighted by Crippen LogP contribution is 2.33. The Labute approximate surface area is 184 Å². The van der Waals surface area contributed by atoms with Crippen LogP contribution in [0.5, 0.6) is 5.75 Å². The van der Waals surface area contributed by atoms with Crippen LogP contribution < -0.4 is 15.2 Å². The van der Waals surface area contributed by atoms with Crippen LogP contribution in [0.4, 0.5) is 17.1 Å². The van der Waals surface area contributed by atoms with Crippen LogP contribution in [0.25, 0.3) is 0 Å². The molecule has 162 valence electrons. The van der Waals surface area contributed by atoms with Gasteiger partial charge in [0.15, 0.2) is 6.61 Å². The van der Waals surface area contributed by atoms with Crippen molar-refractivity contribution >= 4 is 23.0 Å². The average molecular weight is 419 g/mol. The summed E-state index contributed by atoms with van der Waals surface area (Å²) < 4.78 is 11.2. The number of rotatable bonds is 7. The fourth-order valence-electron chi connectivity index (χ4n) is 3.28. The molecule has 3 rings (SSSR count). The molecule has 1 N–H and O–H groups in total. The van der Waals surface area contributed by atoms with Crippen LogP contribution in [0, 0.1) is 13.8 Å². The molecule has 0 spiro atoms. The number of hydrogen-bond acceptors (Lipinski definition) is 5. The summed E-state index contributed by atoms with van der Waals surface area (Å²) in [5.41, 5.74) is 7.78. The quantitative estimate of drug-likeness (QED) is 0.366. The Morgan fingerprint density at radius 2 is 1.42 bits per heavy atom. The molecule has 0 unspecified atom stereocenters. The average Bonchev–Trinajstić information content (AvgIpc) is 2.71. The Bertz CT molecular complexity index is 989. The Morgan fingerprint density at radius 1 is 0.871 bits per heavy atom. The van der Waals surface area contributed by atoms with E-state index in [-0.39, 0.29) is 12.6 Å². The summed E-state index contributed by atoms with van der Waals surface area (Å²) in [7, 11) is 0. The Balaban J connectivity index is 1.86. The second-order valence-electron chi connectivity index (χ2n) is 8.43. The zero-order valence-corrected chi connectivity index (χ0v) is 18.8. The van der Waals surface area contributed by atoms with Crippen molar-refractivity contribution < 1.29 is 14.3 Å². The first-order valence-electron chi connectivity index (χ1n) is 10.4. The number of benzene rings is 3. The minimum atomic E-state index is -0.534. The highest BCUT2D eigenvalue weighted by Gasteiger charge is 2.18. The van der Waals surface area contributed by atoms with Crippen molar-refractivity contribution in [3.8, 4) is 5.75 Å². The first-order valence-corrected chi connectivity index (χ1v) is 10.4. The lowest BCUT2D eigenvalue weighted by molar-refractivity contribution is -0.157. The van der Waals surface area contributed by atoms with Crippen molar-refractivity contribution in [1.29, 1.82) is 0 Å². The monoisotopic (exact) mass is 418 g/mol. The van der Waals surface area contributed by atoms with Gasteiger partial charge in [0, 0.05) is 0 Å². The summed E-state index contributed by atoms with van der Waals surface area (Å²) in [5.74, 6) is 0.314. The SMILES string of the molecule is Cc1cc(N(Nc2ccccc2)c2ccccc2)cc(C)c1OCC(=O)OC(C)(C)C. The van der Waals surface area contributed by atoms with Crippen molar-refractivity contribution in [2.24, 2.45) is 0 Å². The fourth-order valence-corrected chi connectivity index (χ4v) is 3.28. The van der Waals surface area contributed by atoms with E-state index >= 15 is 0 Å². The zero-order chi connectivity index (χ0) is 22.4. The molecule has 5 heteroatoms. The van der Waals surface area contributed by atoms with Crippen LogP contribution in [0.2, 0.25) is 0 Å². The van der Waals surface area contributed by atoms with E-state index in [1.807, 2.05) is 112 Å². The third-order valence-corrected chi connectivity index (χ3v) is 4.49. The van der Waals surface area contributed by atoms with E-state index in [1.54, 1.807) is 0 Å². The van der Waals surface area contributed by atoms with E-state index in [2.05, 4.69) is 5.43 Å². The van der Waals surface area contributed by atoms with E-state index in [0.29, 0.717) is 5.75 Å². The van der Waals surface area contributed by atoms with E-state index in [4.69, 9.17) is 9.47 Å². The van der Waals surface area contributed by atoms with Gasteiger partial charge in [0.2, 0.25) is 0 Å². The standard InChI is InChI=1S/C26H30N2O3/c1-19-16-23(17-20(2)25(19)30-18-24(29)31-26(3,4)5)28(22-14-10-7-11-15-22)27-21-12-8-6-9-13-21/h6-17,27H,18H2,1-5H3. The molecular formula is C26H30N2O3. The van der Waals surface area contributed by atoms with E-state index in [1.165, 1.54) is 0 Å². The third kappa shape index (κ3) is 6.25. The normalized spacial score (nSPS) is 11.0. The number of nitrogens with zero attached hydrogens (tertiary/aromatic N) is 1. The molecule has 5 nitrogen and oxygen atoms in total. The van der Waals surface area contributed by atoms with Gasteiger partial charge in [-0.3, -0.25) is 10.4 Å². The summed E-state index contributed by atoms with van der Waals surface area (Å²) in [4.78, 5) is 12.1. The van der Waals surface area contributed by atoms with Crippen molar-refractivity contribution in [1.82, 2.24) is 0 Å². The van der Waals surface area contributed by atoms with Gasteiger partial charge in [-0.1, -0.05) is 36.4 Å². The van der Waals surface area contributed by atoms with Crippen LogP contribution in [-0.2, 0) is 9.53 Å². The van der Waals surface area contributed by atoms with Crippen molar-refractivity contribution in [3.05, 3.63) is 83.9 Å². The highest BCUT2D eigenvalue weighted by molar-refractivity contribution is 5.73. The number of esters is 1. The molecular weight excluding hydrogens is 388 g/mol. The zero-order valence-electron chi connectivity index (χ0n) is 18.8. The Hall–Kier alpha value is -3.47. The highest BCUT2D eigenvalue weighted by atomic mass is 16.6. The van der Waals surface area contributed by atoms with Gasteiger partial charge in [-0.25, -0.2) is 4.79 Å². The molecule has 3 aromatic rings. The summed E-state index contributed by atoms with van der Waals surface area (Å²) in [6, 6.07) is 24.2. The molecule has 0 amide bonds. The van der Waals surface area contributed by atoms with Gasteiger partial charge >= 0.3 is 5.97 Å². The molecule has 0 atom stereocenters. The molecule has 0 aliphatic heterocycles. The summed E-state index contributed by atoms with van der Waals surface area (Å²) in [6.45, 7) is 9.36. The van der Waals surface area contributed by atoms with Gasteiger partial charge in [-0.05, 0) is 82.1 Å². The van der Waals surface area contributed by atoms with Crippen molar-refractivity contribution in [2.75, 3.05) is 17.0 Å². The number of hydrogen-bond donors (Lipinski definition) is 1. The molecule has 0 aliphatic carbocycles. The lowest BCUT2D eigenvalue weighted by atomic mass is 10.1. The molecule has 0 aliphatic rings. The molecule has 0 fully saturated rings. The molecule has 0 heterocycles. The smallest absolute Gasteiger partial charge is 0.344 e.